The zero-order valence-corrected chi connectivity index (χ0v) is 17.0. The van der Waals surface area contributed by atoms with Crippen molar-refractivity contribution in [1.29, 1.82) is 0 Å². The Kier molecular flexibility index (Phi) is 5.23. The van der Waals surface area contributed by atoms with Gasteiger partial charge in [-0.3, -0.25) is 14.3 Å². The van der Waals surface area contributed by atoms with Crippen molar-refractivity contribution < 1.29 is 23.9 Å². The van der Waals surface area contributed by atoms with Gasteiger partial charge in [0.1, 0.15) is 16.4 Å². The Morgan fingerprint density at radius 2 is 2.31 bits per heavy atom. The SMILES string of the molecule is CN1O[C@H](CO)Cn2nc3c(c2C1=O)CN(C(=O)Nc1cc(Br)ncc1F)CC3. The molecular weight excluding hydrogens is 451 g/mol. The van der Waals surface area contributed by atoms with Crippen LogP contribution in [0.4, 0.5) is 14.9 Å². The molecule has 0 radical (unpaired) electrons. The van der Waals surface area contributed by atoms with E-state index in [1.54, 1.807) is 0 Å². The highest BCUT2D eigenvalue weighted by molar-refractivity contribution is 9.10. The van der Waals surface area contributed by atoms with Crippen LogP contribution in [0.15, 0.2) is 16.9 Å². The molecule has 4 heterocycles. The molecule has 2 N–H and O–H groups in total. The fraction of sp³-hybridized carbons (Fsp3) is 0.412. The molecule has 0 saturated heterocycles. The topological polar surface area (TPSA) is 113 Å². The van der Waals surface area contributed by atoms with Gasteiger partial charge in [-0.1, -0.05) is 0 Å². The summed E-state index contributed by atoms with van der Waals surface area (Å²) in [5.74, 6) is -1.05. The molecule has 0 saturated carbocycles. The van der Waals surface area contributed by atoms with Crippen LogP contribution in [-0.2, 0) is 24.3 Å². The van der Waals surface area contributed by atoms with Crippen LogP contribution in [0.5, 0.6) is 0 Å². The van der Waals surface area contributed by atoms with Crippen molar-refractivity contribution in [3.05, 3.63) is 39.6 Å². The first-order valence-electron chi connectivity index (χ1n) is 8.88. The zero-order chi connectivity index (χ0) is 20.7. The first-order valence-corrected chi connectivity index (χ1v) is 9.68. The number of hydroxylamine groups is 2. The number of amides is 3. The number of nitrogens with zero attached hydrogens (tertiary/aromatic N) is 5. The normalized spacial score (nSPS) is 18.9. The van der Waals surface area contributed by atoms with Gasteiger partial charge in [0, 0.05) is 25.6 Å². The van der Waals surface area contributed by atoms with Crippen molar-refractivity contribution in [2.75, 3.05) is 25.5 Å². The van der Waals surface area contributed by atoms with Gasteiger partial charge in [-0.05, 0) is 22.0 Å². The number of urea groups is 1. The molecule has 1 atom stereocenters. The Labute approximate surface area is 173 Å². The van der Waals surface area contributed by atoms with Crippen molar-refractivity contribution in [2.24, 2.45) is 0 Å². The van der Waals surface area contributed by atoms with Crippen LogP contribution in [0.3, 0.4) is 0 Å². The summed E-state index contributed by atoms with van der Waals surface area (Å²) >= 11 is 3.14. The van der Waals surface area contributed by atoms with Gasteiger partial charge >= 0.3 is 6.03 Å². The quantitative estimate of drug-likeness (QED) is 0.639. The molecule has 3 amide bonds. The van der Waals surface area contributed by atoms with Crippen molar-refractivity contribution in [3.63, 3.8) is 0 Å². The Morgan fingerprint density at radius 3 is 3.07 bits per heavy atom. The number of pyridine rings is 1. The van der Waals surface area contributed by atoms with Crippen molar-refractivity contribution in [1.82, 2.24) is 24.7 Å². The Hall–Kier alpha value is -2.57. The van der Waals surface area contributed by atoms with E-state index >= 15 is 0 Å². The molecular formula is C17H18BrFN6O4. The summed E-state index contributed by atoms with van der Waals surface area (Å²) in [6, 6.07) is 0.880. The second kappa shape index (κ2) is 7.69. The maximum atomic E-state index is 13.9. The van der Waals surface area contributed by atoms with Gasteiger partial charge < -0.3 is 15.3 Å². The van der Waals surface area contributed by atoms with E-state index in [9.17, 15) is 19.1 Å². The molecule has 0 aliphatic carbocycles. The number of fused-ring (bicyclic) bond motifs is 3. The zero-order valence-electron chi connectivity index (χ0n) is 15.4. The number of anilines is 1. The third-order valence-corrected chi connectivity index (χ3v) is 5.26. The molecule has 12 heteroatoms. The minimum absolute atomic E-state index is 0.00602. The minimum Gasteiger partial charge on any atom is -0.393 e. The highest BCUT2D eigenvalue weighted by Gasteiger charge is 2.35. The first kappa shape index (κ1) is 19.7. The third-order valence-electron chi connectivity index (χ3n) is 4.83. The number of carbonyl (C=O) groups excluding carboxylic acids is 2. The van der Waals surface area contributed by atoms with E-state index in [2.05, 4.69) is 31.3 Å². The van der Waals surface area contributed by atoms with Gasteiger partial charge in [0.25, 0.3) is 5.91 Å². The molecule has 29 heavy (non-hydrogen) atoms. The van der Waals surface area contributed by atoms with Crippen LogP contribution in [0.1, 0.15) is 21.7 Å². The van der Waals surface area contributed by atoms with Gasteiger partial charge in [-0.2, -0.15) is 5.10 Å². The maximum absolute atomic E-state index is 13.9. The molecule has 10 nitrogen and oxygen atoms in total. The maximum Gasteiger partial charge on any atom is 0.322 e. The third kappa shape index (κ3) is 3.70. The summed E-state index contributed by atoms with van der Waals surface area (Å²) in [6.45, 7) is 0.474. The van der Waals surface area contributed by atoms with Crippen molar-refractivity contribution in [3.8, 4) is 0 Å². The van der Waals surface area contributed by atoms with E-state index in [1.807, 2.05) is 0 Å². The summed E-state index contributed by atoms with van der Waals surface area (Å²) in [5.41, 5.74) is 1.68. The molecule has 0 aromatic carbocycles. The molecule has 0 spiro atoms. The van der Waals surface area contributed by atoms with E-state index in [4.69, 9.17) is 4.84 Å². The second-order valence-electron chi connectivity index (χ2n) is 6.76. The number of aliphatic hydroxyl groups is 1. The van der Waals surface area contributed by atoms with Crippen LogP contribution >= 0.6 is 15.9 Å². The predicted molar refractivity (Wildman–Crippen MR) is 101 cm³/mol. The first-order chi connectivity index (χ1) is 13.9. The molecule has 2 aromatic heterocycles. The van der Waals surface area contributed by atoms with Crippen LogP contribution in [0.2, 0.25) is 0 Å². The summed E-state index contributed by atoms with van der Waals surface area (Å²) in [7, 11) is 1.47. The van der Waals surface area contributed by atoms with Crippen LogP contribution in [-0.4, -0.2) is 68.1 Å². The number of hydrogen-bond donors (Lipinski definition) is 2. The molecule has 0 unspecified atom stereocenters. The summed E-state index contributed by atoms with van der Waals surface area (Å²) in [4.78, 5) is 36.1. The lowest BCUT2D eigenvalue weighted by Gasteiger charge is -2.27. The number of nitrogens with one attached hydrogen (secondary N) is 1. The molecule has 2 aliphatic rings. The number of rotatable bonds is 2. The summed E-state index contributed by atoms with van der Waals surface area (Å²) in [6.07, 6.45) is 0.865. The van der Waals surface area contributed by atoms with Gasteiger partial charge in [0.05, 0.1) is 37.3 Å². The fourth-order valence-corrected chi connectivity index (χ4v) is 3.74. The van der Waals surface area contributed by atoms with E-state index in [0.717, 1.165) is 17.0 Å². The Bertz CT molecular complexity index is 983. The fourth-order valence-electron chi connectivity index (χ4n) is 3.41. The average Bonchev–Trinajstić information content (AvgIpc) is 3.00. The smallest absolute Gasteiger partial charge is 0.322 e. The number of carbonyl (C=O) groups is 2. The van der Waals surface area contributed by atoms with Gasteiger partial charge in [-0.15, -0.1) is 0 Å². The Balaban J connectivity index is 1.59. The molecule has 2 aromatic rings. The average molecular weight is 469 g/mol. The summed E-state index contributed by atoms with van der Waals surface area (Å²) < 4.78 is 15.8. The van der Waals surface area contributed by atoms with Crippen LogP contribution in [0, 0.1) is 5.82 Å². The lowest BCUT2D eigenvalue weighted by Crippen LogP contribution is -2.40. The number of halogens is 2. The Morgan fingerprint density at radius 1 is 1.52 bits per heavy atom. The number of aliphatic hydroxyl groups excluding tert-OH is 1. The van der Waals surface area contributed by atoms with Gasteiger partial charge in [0.2, 0.25) is 0 Å². The molecule has 4 rings (SSSR count). The lowest BCUT2D eigenvalue weighted by molar-refractivity contribution is -0.159. The minimum atomic E-state index is -0.650. The number of aromatic nitrogens is 3. The van der Waals surface area contributed by atoms with E-state index < -0.39 is 23.9 Å². The number of hydrogen-bond acceptors (Lipinski definition) is 6. The van der Waals surface area contributed by atoms with E-state index in [1.165, 1.54) is 22.7 Å². The monoisotopic (exact) mass is 468 g/mol. The molecule has 0 bridgehead atoms. The van der Waals surface area contributed by atoms with E-state index in [-0.39, 0.29) is 25.4 Å². The highest BCUT2D eigenvalue weighted by Crippen LogP contribution is 2.27. The standard InChI is InChI=1S/C17H18BrFN6O4/c1-23-16(27)15-10-7-24(17(28)21-13-4-14(18)20-5-11(13)19)3-2-12(10)22-25(15)6-9(8-26)29-23/h4-5,9,26H,2-3,6-8H2,1H3,(H,20,21,28)/t9-/m0/s1. The summed E-state index contributed by atoms with van der Waals surface area (Å²) in [5, 5.41) is 17.5. The van der Waals surface area contributed by atoms with Gasteiger partial charge in [0.15, 0.2) is 5.82 Å². The van der Waals surface area contributed by atoms with Crippen LogP contribution in [0.25, 0.3) is 0 Å². The molecule has 0 fully saturated rings. The van der Waals surface area contributed by atoms with Crippen molar-refractivity contribution in [2.45, 2.75) is 25.6 Å². The van der Waals surface area contributed by atoms with E-state index in [0.29, 0.717) is 28.8 Å². The largest absolute Gasteiger partial charge is 0.393 e. The predicted octanol–water partition coefficient (Wildman–Crippen LogP) is 1.15. The highest BCUT2D eigenvalue weighted by atomic mass is 79.9. The molecule has 2 aliphatic heterocycles. The van der Waals surface area contributed by atoms with Gasteiger partial charge in [-0.25, -0.2) is 19.2 Å². The van der Waals surface area contributed by atoms with Crippen molar-refractivity contribution >= 4 is 33.6 Å². The van der Waals surface area contributed by atoms with Crippen LogP contribution < -0.4 is 5.32 Å². The lowest BCUT2D eigenvalue weighted by atomic mass is 10.1. The molecule has 154 valence electrons. The second-order valence-corrected chi connectivity index (χ2v) is 7.57.